The predicted octanol–water partition coefficient (Wildman–Crippen LogP) is 1.85. The van der Waals surface area contributed by atoms with Gasteiger partial charge in [0.2, 0.25) is 0 Å². The molecule has 0 heterocycles. The lowest BCUT2D eigenvalue weighted by atomic mass is 9.45. The summed E-state index contributed by atoms with van der Waals surface area (Å²) >= 11 is 0. The molecule has 3 fully saturated rings. The Bertz CT molecular complexity index is 860. The second-order valence-electron chi connectivity index (χ2n) is 13.3. The van der Waals surface area contributed by atoms with Crippen molar-refractivity contribution >= 4 is 5.78 Å². The third kappa shape index (κ3) is 3.91. The first-order chi connectivity index (χ1) is 15.4. The summed E-state index contributed by atoms with van der Waals surface area (Å²) in [5, 5.41) is 65.1. The van der Waals surface area contributed by atoms with Crippen LogP contribution in [0.5, 0.6) is 0 Å². The molecular formula is C27H44O7. The van der Waals surface area contributed by atoms with Gasteiger partial charge in [-0.2, -0.15) is 0 Å². The highest BCUT2D eigenvalue weighted by Gasteiger charge is 2.68. The number of hydrogen-bond donors (Lipinski definition) is 6. The molecule has 7 heteroatoms. The molecule has 0 amide bonds. The van der Waals surface area contributed by atoms with E-state index in [1.807, 2.05) is 13.8 Å². The Kier molecular flexibility index (Phi) is 6.24. The van der Waals surface area contributed by atoms with Crippen molar-refractivity contribution in [2.75, 3.05) is 0 Å². The lowest BCUT2D eigenvalue weighted by Crippen LogP contribution is -2.62. The van der Waals surface area contributed by atoms with Crippen LogP contribution in [0.3, 0.4) is 0 Å². The molecule has 3 saturated carbocycles. The minimum absolute atomic E-state index is 0.0695. The van der Waals surface area contributed by atoms with E-state index in [0.717, 1.165) is 12.0 Å². The molecule has 4 rings (SSSR count). The van der Waals surface area contributed by atoms with Gasteiger partial charge in [-0.05, 0) is 88.2 Å². The largest absolute Gasteiger partial charge is 0.393 e. The van der Waals surface area contributed by atoms with E-state index in [2.05, 4.69) is 0 Å². The van der Waals surface area contributed by atoms with Gasteiger partial charge in [-0.25, -0.2) is 0 Å². The number of allylic oxidation sites excluding steroid dienone is 1. The van der Waals surface area contributed by atoms with Crippen molar-refractivity contribution in [2.24, 2.45) is 28.6 Å². The Morgan fingerprint density at radius 2 is 1.68 bits per heavy atom. The third-order valence-electron chi connectivity index (χ3n) is 10.3. The summed E-state index contributed by atoms with van der Waals surface area (Å²) in [4.78, 5) is 13.2. The summed E-state index contributed by atoms with van der Waals surface area (Å²) < 4.78 is 0. The second kappa shape index (κ2) is 8.09. The molecule has 0 aromatic rings. The molecule has 6 N–H and O–H groups in total. The van der Waals surface area contributed by atoms with Gasteiger partial charge in [0.15, 0.2) is 5.78 Å². The van der Waals surface area contributed by atoms with Crippen molar-refractivity contribution in [1.29, 1.82) is 0 Å². The molecule has 0 aromatic carbocycles. The smallest absolute Gasteiger partial charge is 0.159 e. The van der Waals surface area contributed by atoms with Crippen LogP contribution in [0, 0.1) is 28.6 Å². The van der Waals surface area contributed by atoms with Gasteiger partial charge >= 0.3 is 0 Å². The number of carbonyl (C=O) groups excluding carboxylic acids is 1. The zero-order chi connectivity index (χ0) is 25.5. The summed E-state index contributed by atoms with van der Waals surface area (Å²) in [5.74, 6) is -0.819. The molecule has 10 atom stereocenters. The van der Waals surface area contributed by atoms with Gasteiger partial charge in [0, 0.05) is 24.2 Å². The average Bonchev–Trinajstić information content (AvgIpc) is 2.95. The fraction of sp³-hybridized carbons (Fsp3) is 0.889. The van der Waals surface area contributed by atoms with Crippen LogP contribution in [-0.4, -0.2) is 71.5 Å². The molecule has 0 aromatic heterocycles. The van der Waals surface area contributed by atoms with E-state index in [4.69, 9.17) is 0 Å². The number of carbonyl (C=O) groups is 1. The minimum Gasteiger partial charge on any atom is -0.393 e. The van der Waals surface area contributed by atoms with Crippen LogP contribution in [0.4, 0.5) is 0 Å². The van der Waals surface area contributed by atoms with E-state index in [0.29, 0.717) is 25.7 Å². The van der Waals surface area contributed by atoms with E-state index >= 15 is 0 Å². The van der Waals surface area contributed by atoms with Crippen LogP contribution in [-0.2, 0) is 4.79 Å². The van der Waals surface area contributed by atoms with E-state index in [1.54, 1.807) is 26.8 Å². The molecule has 194 valence electrons. The summed E-state index contributed by atoms with van der Waals surface area (Å²) in [6.45, 7) is 8.98. The second-order valence-corrected chi connectivity index (χ2v) is 13.3. The van der Waals surface area contributed by atoms with Gasteiger partial charge in [-0.3, -0.25) is 4.79 Å². The first-order valence-corrected chi connectivity index (χ1v) is 12.9. The highest BCUT2D eigenvalue weighted by Crippen LogP contribution is 2.68. The molecule has 0 radical (unpaired) electrons. The van der Waals surface area contributed by atoms with Crippen LogP contribution >= 0.6 is 0 Å². The zero-order valence-corrected chi connectivity index (χ0v) is 21.3. The van der Waals surface area contributed by atoms with Crippen LogP contribution in [0.15, 0.2) is 11.6 Å². The fourth-order valence-electron chi connectivity index (χ4n) is 8.64. The lowest BCUT2D eigenvalue weighted by molar-refractivity contribution is -0.163. The molecule has 0 saturated heterocycles. The van der Waals surface area contributed by atoms with Crippen molar-refractivity contribution < 1.29 is 35.4 Å². The highest BCUT2D eigenvalue weighted by molar-refractivity contribution is 5.95. The molecule has 0 aliphatic heterocycles. The quantitative estimate of drug-likeness (QED) is 0.353. The number of hydrogen-bond acceptors (Lipinski definition) is 7. The van der Waals surface area contributed by atoms with Crippen LogP contribution in [0.2, 0.25) is 0 Å². The van der Waals surface area contributed by atoms with E-state index in [1.165, 1.54) is 0 Å². The molecule has 34 heavy (non-hydrogen) atoms. The van der Waals surface area contributed by atoms with Crippen LogP contribution in [0.25, 0.3) is 0 Å². The average molecular weight is 481 g/mol. The Morgan fingerprint density at radius 3 is 2.29 bits per heavy atom. The van der Waals surface area contributed by atoms with Gasteiger partial charge < -0.3 is 30.6 Å². The van der Waals surface area contributed by atoms with Crippen LogP contribution < -0.4 is 0 Å². The summed E-state index contributed by atoms with van der Waals surface area (Å²) in [6, 6.07) is 0. The molecule has 0 unspecified atom stereocenters. The first-order valence-electron chi connectivity index (χ1n) is 12.9. The predicted molar refractivity (Wildman–Crippen MR) is 127 cm³/mol. The Balaban J connectivity index is 1.65. The van der Waals surface area contributed by atoms with Gasteiger partial charge in [0.1, 0.15) is 0 Å². The van der Waals surface area contributed by atoms with Gasteiger partial charge in [-0.1, -0.05) is 13.8 Å². The Morgan fingerprint density at radius 1 is 1.03 bits per heavy atom. The van der Waals surface area contributed by atoms with Crippen molar-refractivity contribution in [2.45, 2.75) is 121 Å². The van der Waals surface area contributed by atoms with Crippen molar-refractivity contribution in [1.82, 2.24) is 0 Å². The van der Waals surface area contributed by atoms with Crippen molar-refractivity contribution in [3.05, 3.63) is 11.6 Å². The van der Waals surface area contributed by atoms with Gasteiger partial charge in [-0.15, -0.1) is 0 Å². The van der Waals surface area contributed by atoms with Gasteiger partial charge in [0.05, 0.1) is 35.1 Å². The molecule has 0 bridgehead atoms. The summed E-state index contributed by atoms with van der Waals surface area (Å²) in [7, 11) is 0. The third-order valence-corrected chi connectivity index (χ3v) is 10.3. The maximum atomic E-state index is 13.2. The molecule has 4 aliphatic carbocycles. The molecular weight excluding hydrogens is 436 g/mol. The summed E-state index contributed by atoms with van der Waals surface area (Å²) in [6.07, 6.45) is 2.12. The fourth-order valence-corrected chi connectivity index (χ4v) is 8.64. The maximum Gasteiger partial charge on any atom is 0.159 e. The highest BCUT2D eigenvalue weighted by atomic mass is 16.3. The number of aliphatic hydroxyl groups excluding tert-OH is 3. The van der Waals surface area contributed by atoms with E-state index in [9.17, 15) is 35.4 Å². The standard InChI is InChI=1S/C27H44O7/c1-23(2,32)12-15(28)13-26(5,33)22-7-9-27(34)17-10-19(29)18-11-20(30)21(31)14-24(18,3)16(17)6-8-25(22,27)4/h10,15-16,18,20-22,28,30-34H,6-9,11-14H2,1-5H3/t15-,16+,18-,20-,21+,22+,24+,25+,26-,27-/m0/s1. The number of aliphatic hydroxyl groups is 6. The normalized spacial score (nSPS) is 47.2. The topological polar surface area (TPSA) is 138 Å². The Hall–Kier alpha value is -0.830. The zero-order valence-electron chi connectivity index (χ0n) is 21.3. The molecule has 7 nitrogen and oxygen atoms in total. The van der Waals surface area contributed by atoms with Gasteiger partial charge in [0.25, 0.3) is 0 Å². The maximum absolute atomic E-state index is 13.2. The van der Waals surface area contributed by atoms with E-state index in [-0.39, 0.29) is 42.8 Å². The Labute approximate surface area is 202 Å². The van der Waals surface area contributed by atoms with Crippen molar-refractivity contribution in [3.8, 4) is 0 Å². The van der Waals surface area contributed by atoms with E-state index < -0.39 is 45.9 Å². The minimum atomic E-state index is -1.26. The molecule has 0 spiro atoms. The SMILES string of the molecule is CC(C)(O)C[C@H](O)C[C@](C)(O)[C@@H]1CC[C@]2(O)C3=CC(=O)[C@@H]4C[C@H](O)[C@H](O)C[C@]4(C)[C@@H]3CC[C@]12C. The summed E-state index contributed by atoms with van der Waals surface area (Å²) in [5.41, 5.74) is -4.04. The van der Waals surface area contributed by atoms with Crippen LogP contribution in [0.1, 0.15) is 86.0 Å². The monoisotopic (exact) mass is 480 g/mol. The number of ketones is 1. The first kappa shape index (κ1) is 26.2. The lowest BCUT2D eigenvalue weighted by Gasteiger charge is -2.60. The number of fused-ring (bicyclic) bond motifs is 5. The van der Waals surface area contributed by atoms with Crippen molar-refractivity contribution in [3.63, 3.8) is 0 Å². The molecule has 4 aliphatic rings. The number of rotatable bonds is 5.